The fourth-order valence-electron chi connectivity index (χ4n) is 4.36. The van der Waals surface area contributed by atoms with Crippen molar-refractivity contribution in [2.45, 2.75) is 111 Å². The first-order valence-electron chi connectivity index (χ1n) is 12.3. The van der Waals surface area contributed by atoms with Crippen LogP contribution < -0.4 is 9.47 Å². The third-order valence-corrected chi connectivity index (χ3v) is 6.23. The van der Waals surface area contributed by atoms with Gasteiger partial charge in [0.1, 0.15) is 11.5 Å². The maximum atomic E-state index is 9.38. The lowest BCUT2D eigenvalue weighted by molar-refractivity contribution is 0.447. The zero-order valence-electron chi connectivity index (χ0n) is 23.7. The molecule has 0 aliphatic rings. The highest BCUT2D eigenvalue weighted by atomic mass is 16.5. The number of hydrogen-bond acceptors (Lipinski definition) is 4. The summed E-state index contributed by atoms with van der Waals surface area (Å²) in [6, 6.07) is 8.70. The van der Waals surface area contributed by atoms with Crippen LogP contribution in [0.15, 0.2) is 24.3 Å². The van der Waals surface area contributed by atoms with E-state index >= 15 is 0 Å². The van der Waals surface area contributed by atoms with Crippen LogP contribution in [0.2, 0.25) is 0 Å². The Morgan fingerprint density at radius 1 is 0.514 bits per heavy atom. The molecule has 0 fully saturated rings. The molecule has 35 heavy (non-hydrogen) atoms. The lowest BCUT2D eigenvalue weighted by Crippen LogP contribution is -2.20. The minimum Gasteiger partial charge on any atom is -0.387 e. The molecule has 0 aliphatic heterocycles. The third-order valence-electron chi connectivity index (χ3n) is 6.23. The van der Waals surface area contributed by atoms with Crippen molar-refractivity contribution < 1.29 is 9.47 Å². The Hall–Kier alpha value is -2.98. The molecule has 0 saturated heterocycles. The van der Waals surface area contributed by atoms with Gasteiger partial charge in [0.05, 0.1) is 0 Å². The number of rotatable bonds is 4. The summed E-state index contributed by atoms with van der Waals surface area (Å²) in [5.74, 6) is 1.33. The topological polar surface area (TPSA) is 66.0 Å². The predicted molar refractivity (Wildman–Crippen MR) is 143 cm³/mol. The Morgan fingerprint density at radius 3 is 0.914 bits per heavy atom. The monoisotopic (exact) mass is 474 g/mol. The van der Waals surface area contributed by atoms with E-state index in [1.807, 2.05) is 12.5 Å². The van der Waals surface area contributed by atoms with Crippen molar-refractivity contribution in [3.63, 3.8) is 0 Å². The fourth-order valence-corrected chi connectivity index (χ4v) is 4.36. The van der Waals surface area contributed by atoms with Gasteiger partial charge < -0.3 is 9.47 Å². The summed E-state index contributed by atoms with van der Waals surface area (Å²) in [4.78, 5) is 0. The van der Waals surface area contributed by atoms with Gasteiger partial charge in [-0.25, -0.2) is 0 Å². The summed E-state index contributed by atoms with van der Waals surface area (Å²) >= 11 is 0. The number of ether oxygens (including phenoxy) is 2. The quantitative estimate of drug-likeness (QED) is 0.419. The molecule has 4 nitrogen and oxygen atoms in total. The van der Waals surface area contributed by atoms with Gasteiger partial charge in [0.2, 0.25) is 0 Å². The molecule has 0 amide bonds. The van der Waals surface area contributed by atoms with E-state index in [4.69, 9.17) is 9.47 Å². The van der Waals surface area contributed by atoms with E-state index in [9.17, 15) is 10.5 Å². The maximum Gasteiger partial charge on any atom is 0.292 e. The highest BCUT2D eigenvalue weighted by Crippen LogP contribution is 2.43. The van der Waals surface area contributed by atoms with Crippen molar-refractivity contribution in [3.8, 4) is 24.0 Å². The van der Waals surface area contributed by atoms with E-state index in [0.717, 1.165) is 28.7 Å². The molecule has 0 bridgehead atoms. The normalized spacial score (nSPS) is 12.6. The van der Waals surface area contributed by atoms with E-state index < -0.39 is 0 Å². The van der Waals surface area contributed by atoms with Crippen LogP contribution in [0.25, 0.3) is 0 Å². The molecule has 0 spiro atoms. The average molecular weight is 475 g/mol. The number of benzene rings is 2. The molecule has 0 saturated carbocycles. The molecule has 2 rings (SSSR count). The van der Waals surface area contributed by atoms with E-state index in [0.29, 0.717) is 11.5 Å². The van der Waals surface area contributed by atoms with Crippen molar-refractivity contribution in [2.24, 2.45) is 0 Å². The van der Waals surface area contributed by atoms with Crippen LogP contribution in [0, 0.1) is 23.0 Å². The SMILES string of the molecule is CC(C)(C)c1cc(Cc2cc(C(C)(C)C)c(OC#N)c(C(C)(C)C)c2)cc(C(C)(C)C)c1OC#N. The number of nitriles is 2. The molecule has 0 heterocycles. The predicted octanol–water partition coefficient (Wildman–Crippen LogP) is 8.19. The van der Waals surface area contributed by atoms with Gasteiger partial charge in [-0.1, -0.05) is 107 Å². The van der Waals surface area contributed by atoms with Gasteiger partial charge in [-0.05, 0) is 39.2 Å². The highest BCUT2D eigenvalue weighted by molar-refractivity contribution is 5.55. The molecule has 188 valence electrons. The molecule has 0 N–H and O–H groups in total. The Labute approximate surface area is 212 Å². The van der Waals surface area contributed by atoms with Crippen molar-refractivity contribution >= 4 is 0 Å². The first-order valence-corrected chi connectivity index (χ1v) is 12.3. The van der Waals surface area contributed by atoms with Crippen LogP contribution in [-0.2, 0) is 28.1 Å². The molecule has 4 heteroatoms. The van der Waals surface area contributed by atoms with Crippen molar-refractivity contribution in [3.05, 3.63) is 57.6 Å². The first-order chi connectivity index (χ1) is 15.8. The Balaban J connectivity index is 2.84. The first kappa shape index (κ1) is 28.3. The van der Waals surface area contributed by atoms with Crippen molar-refractivity contribution in [1.29, 1.82) is 10.5 Å². The third kappa shape index (κ3) is 6.58. The smallest absolute Gasteiger partial charge is 0.292 e. The molecular formula is C31H42N2O2. The van der Waals surface area contributed by atoms with Gasteiger partial charge in [-0.3, -0.25) is 0 Å². The minimum atomic E-state index is -0.195. The summed E-state index contributed by atoms with van der Waals surface area (Å²) in [6.45, 7) is 25.7. The minimum absolute atomic E-state index is 0.195. The van der Waals surface area contributed by atoms with Gasteiger partial charge in [-0.15, -0.1) is 10.5 Å². The zero-order chi connectivity index (χ0) is 27.0. The Bertz CT molecular complexity index is 1000. The second-order valence-electron chi connectivity index (χ2n) is 13.6. The van der Waals surface area contributed by atoms with Crippen LogP contribution in [0.4, 0.5) is 0 Å². The van der Waals surface area contributed by atoms with Gasteiger partial charge >= 0.3 is 0 Å². The second-order valence-corrected chi connectivity index (χ2v) is 13.6. The average Bonchev–Trinajstić information content (AvgIpc) is 2.66. The lowest BCUT2D eigenvalue weighted by Gasteiger charge is -2.30. The molecule has 0 aliphatic carbocycles. The Morgan fingerprint density at radius 2 is 0.743 bits per heavy atom. The van der Waals surface area contributed by atoms with Crippen LogP contribution >= 0.6 is 0 Å². The summed E-state index contributed by atoms with van der Waals surface area (Å²) in [7, 11) is 0. The van der Waals surface area contributed by atoms with Gasteiger partial charge in [0.15, 0.2) is 0 Å². The van der Waals surface area contributed by atoms with Crippen molar-refractivity contribution in [1.82, 2.24) is 0 Å². The Kier molecular flexibility index (Phi) is 7.73. The lowest BCUT2D eigenvalue weighted by atomic mass is 9.76. The molecule has 0 unspecified atom stereocenters. The van der Waals surface area contributed by atoms with E-state index in [1.54, 1.807) is 0 Å². The molecule has 2 aromatic rings. The highest BCUT2D eigenvalue weighted by Gasteiger charge is 2.30. The van der Waals surface area contributed by atoms with E-state index in [2.05, 4.69) is 107 Å². The van der Waals surface area contributed by atoms with Gasteiger partial charge in [0, 0.05) is 22.3 Å². The van der Waals surface area contributed by atoms with Crippen LogP contribution in [-0.4, -0.2) is 0 Å². The summed E-state index contributed by atoms with van der Waals surface area (Å²) in [5, 5.41) is 18.8. The molecule has 2 aromatic carbocycles. The molecular weight excluding hydrogens is 432 g/mol. The summed E-state index contributed by atoms with van der Waals surface area (Å²) < 4.78 is 11.1. The van der Waals surface area contributed by atoms with Gasteiger partial charge in [0.25, 0.3) is 12.5 Å². The molecule has 0 atom stereocenters. The second kappa shape index (κ2) is 9.58. The van der Waals surface area contributed by atoms with Crippen LogP contribution in [0.1, 0.15) is 116 Å². The van der Waals surface area contributed by atoms with E-state index in [1.165, 1.54) is 11.1 Å². The fraction of sp³-hybridized carbons (Fsp3) is 0.548. The molecule has 0 radical (unpaired) electrons. The zero-order valence-corrected chi connectivity index (χ0v) is 23.7. The molecule has 0 aromatic heterocycles. The van der Waals surface area contributed by atoms with Crippen LogP contribution in [0.3, 0.4) is 0 Å². The largest absolute Gasteiger partial charge is 0.387 e. The van der Waals surface area contributed by atoms with Gasteiger partial charge in [-0.2, -0.15) is 0 Å². The summed E-state index contributed by atoms with van der Waals surface area (Å²) in [6.07, 6.45) is 4.53. The maximum absolute atomic E-state index is 9.38. The summed E-state index contributed by atoms with van der Waals surface area (Å²) in [5.41, 5.74) is 5.66. The van der Waals surface area contributed by atoms with Crippen LogP contribution in [0.5, 0.6) is 11.5 Å². The van der Waals surface area contributed by atoms with E-state index in [-0.39, 0.29) is 21.7 Å². The standard InChI is InChI=1S/C31H42N2O2/c1-28(2,3)22-14-20(15-23(29(4,5)6)26(22)34-18-32)13-21-16-24(30(7,8)9)27(35-19-33)25(17-21)31(10,11)12/h14-17H,13H2,1-12H3. The number of nitrogens with zero attached hydrogens (tertiary/aromatic N) is 2. The van der Waals surface area contributed by atoms with Crippen molar-refractivity contribution in [2.75, 3.05) is 0 Å². The number of hydrogen-bond donors (Lipinski definition) is 0.